The van der Waals surface area contributed by atoms with Gasteiger partial charge < -0.3 is 9.32 Å². The molecule has 0 atom stereocenters. The number of rotatable bonds is 6. The second kappa shape index (κ2) is 11.8. The number of hydrogen-bond donors (Lipinski definition) is 0. The summed E-state index contributed by atoms with van der Waals surface area (Å²) >= 11 is 0. The second-order valence-corrected chi connectivity index (χ2v) is 12.2. The molecule has 2 heteroatoms. The minimum absolute atomic E-state index is 0.921. The van der Waals surface area contributed by atoms with E-state index in [0.29, 0.717) is 0 Å². The van der Waals surface area contributed by atoms with Crippen LogP contribution in [0.4, 0.5) is 17.1 Å². The highest BCUT2D eigenvalue weighted by atomic mass is 16.3. The highest BCUT2D eigenvalue weighted by Gasteiger charge is 2.14. The first kappa shape index (κ1) is 27.9. The summed E-state index contributed by atoms with van der Waals surface area (Å²) in [4.78, 5) is 2.31. The predicted molar refractivity (Wildman–Crippen MR) is 202 cm³/mol. The van der Waals surface area contributed by atoms with E-state index in [1.54, 1.807) is 0 Å². The molecule has 9 rings (SSSR count). The average molecular weight is 614 g/mol. The third-order valence-corrected chi connectivity index (χ3v) is 9.28. The monoisotopic (exact) mass is 613 g/mol. The molecule has 1 aromatic heterocycles. The minimum atomic E-state index is 0.921. The lowest BCUT2D eigenvalue weighted by molar-refractivity contribution is 0.669. The molecule has 48 heavy (non-hydrogen) atoms. The number of furan rings is 1. The van der Waals surface area contributed by atoms with E-state index in [-0.39, 0.29) is 0 Å². The summed E-state index contributed by atoms with van der Waals surface area (Å²) in [5, 5.41) is 4.74. The van der Waals surface area contributed by atoms with Crippen molar-refractivity contribution in [2.45, 2.75) is 0 Å². The third-order valence-electron chi connectivity index (χ3n) is 9.28. The lowest BCUT2D eigenvalue weighted by Gasteiger charge is -2.26. The van der Waals surface area contributed by atoms with E-state index in [1.165, 1.54) is 49.5 Å². The number of fused-ring (bicyclic) bond motifs is 5. The summed E-state index contributed by atoms with van der Waals surface area (Å²) in [7, 11) is 0. The number of benzene rings is 8. The maximum Gasteiger partial charge on any atom is 0.136 e. The Labute approximate surface area is 279 Å². The van der Waals surface area contributed by atoms with Gasteiger partial charge in [0.25, 0.3) is 0 Å². The van der Waals surface area contributed by atoms with Crippen molar-refractivity contribution >= 4 is 49.8 Å². The van der Waals surface area contributed by atoms with Gasteiger partial charge in [-0.3, -0.25) is 0 Å². The SMILES string of the molecule is c1ccc(-c2ccc(-c3ccc(N(c4ccccc4)c4ccc(-c5ccc6ccc7oc8ccccc8c7c6c5)cc4)cc3)cc2)cc1. The molecule has 0 saturated carbocycles. The summed E-state index contributed by atoms with van der Waals surface area (Å²) in [6.45, 7) is 0. The zero-order valence-corrected chi connectivity index (χ0v) is 26.3. The molecular weight excluding hydrogens is 583 g/mol. The summed E-state index contributed by atoms with van der Waals surface area (Å²) < 4.78 is 6.18. The highest BCUT2D eigenvalue weighted by molar-refractivity contribution is 6.19. The van der Waals surface area contributed by atoms with Gasteiger partial charge in [-0.2, -0.15) is 0 Å². The molecule has 1 heterocycles. The molecule has 8 aromatic carbocycles. The molecule has 0 aliphatic carbocycles. The van der Waals surface area contributed by atoms with Gasteiger partial charge in [-0.25, -0.2) is 0 Å². The van der Waals surface area contributed by atoms with E-state index in [9.17, 15) is 0 Å². The molecule has 0 amide bonds. The van der Waals surface area contributed by atoms with Crippen LogP contribution in [0, 0.1) is 0 Å². The van der Waals surface area contributed by atoms with Crippen molar-refractivity contribution in [1.29, 1.82) is 0 Å². The maximum absolute atomic E-state index is 6.18. The van der Waals surface area contributed by atoms with E-state index in [1.807, 2.05) is 12.1 Å². The summed E-state index contributed by atoms with van der Waals surface area (Å²) in [6.07, 6.45) is 0. The summed E-state index contributed by atoms with van der Waals surface area (Å²) in [6, 6.07) is 66.9. The van der Waals surface area contributed by atoms with Gasteiger partial charge in [0.15, 0.2) is 0 Å². The smallest absolute Gasteiger partial charge is 0.136 e. The van der Waals surface area contributed by atoms with Crippen LogP contribution < -0.4 is 4.90 Å². The topological polar surface area (TPSA) is 16.4 Å². The van der Waals surface area contributed by atoms with Gasteiger partial charge in [0.05, 0.1) is 0 Å². The van der Waals surface area contributed by atoms with Crippen molar-refractivity contribution in [3.05, 3.63) is 188 Å². The van der Waals surface area contributed by atoms with Gasteiger partial charge in [0.2, 0.25) is 0 Å². The first-order valence-corrected chi connectivity index (χ1v) is 16.3. The van der Waals surface area contributed by atoms with Crippen LogP contribution in [0.3, 0.4) is 0 Å². The largest absolute Gasteiger partial charge is 0.456 e. The molecule has 0 saturated heterocycles. The Balaban J connectivity index is 1.05. The minimum Gasteiger partial charge on any atom is -0.456 e. The number of nitrogens with zero attached hydrogens (tertiary/aromatic N) is 1. The van der Waals surface area contributed by atoms with E-state index < -0.39 is 0 Å². The van der Waals surface area contributed by atoms with Crippen LogP contribution in [0.25, 0.3) is 66.1 Å². The van der Waals surface area contributed by atoms with Gasteiger partial charge >= 0.3 is 0 Å². The molecule has 0 bridgehead atoms. The predicted octanol–water partition coefficient (Wildman–Crippen LogP) is 13.2. The van der Waals surface area contributed by atoms with Crippen molar-refractivity contribution in [2.75, 3.05) is 4.90 Å². The normalized spacial score (nSPS) is 11.3. The molecule has 0 N–H and O–H groups in total. The fourth-order valence-electron chi connectivity index (χ4n) is 6.84. The molecule has 0 spiro atoms. The Bertz CT molecular complexity index is 2510. The van der Waals surface area contributed by atoms with E-state index in [2.05, 4.69) is 181 Å². The first-order chi connectivity index (χ1) is 23.8. The second-order valence-electron chi connectivity index (χ2n) is 12.2. The van der Waals surface area contributed by atoms with Crippen molar-refractivity contribution in [3.8, 4) is 33.4 Å². The van der Waals surface area contributed by atoms with Gasteiger partial charge in [-0.05, 0) is 98.8 Å². The van der Waals surface area contributed by atoms with Crippen molar-refractivity contribution in [2.24, 2.45) is 0 Å². The third kappa shape index (κ3) is 5.01. The number of hydrogen-bond acceptors (Lipinski definition) is 2. The molecule has 226 valence electrons. The zero-order valence-electron chi connectivity index (χ0n) is 26.3. The summed E-state index contributed by atoms with van der Waals surface area (Å²) in [5.74, 6) is 0. The van der Waals surface area contributed by atoms with Gasteiger partial charge in [-0.15, -0.1) is 0 Å². The van der Waals surface area contributed by atoms with Gasteiger partial charge in [-0.1, -0.05) is 133 Å². The number of para-hydroxylation sites is 2. The highest BCUT2D eigenvalue weighted by Crippen LogP contribution is 2.39. The van der Waals surface area contributed by atoms with Crippen molar-refractivity contribution in [1.82, 2.24) is 0 Å². The van der Waals surface area contributed by atoms with Gasteiger partial charge in [0, 0.05) is 27.8 Å². The van der Waals surface area contributed by atoms with E-state index in [4.69, 9.17) is 4.42 Å². The summed E-state index contributed by atoms with van der Waals surface area (Å²) in [5.41, 5.74) is 12.4. The molecule has 0 radical (unpaired) electrons. The Morgan fingerprint density at radius 1 is 0.312 bits per heavy atom. The molecule has 0 aliphatic heterocycles. The lowest BCUT2D eigenvalue weighted by Crippen LogP contribution is -2.09. The van der Waals surface area contributed by atoms with E-state index >= 15 is 0 Å². The zero-order chi connectivity index (χ0) is 31.9. The Hall–Kier alpha value is -6.38. The lowest BCUT2D eigenvalue weighted by atomic mass is 9.98. The Morgan fingerprint density at radius 2 is 0.771 bits per heavy atom. The quantitative estimate of drug-likeness (QED) is 0.185. The maximum atomic E-state index is 6.18. The standard InChI is InChI=1S/C46H31NO/c1-3-9-32(10-4-1)33-15-17-34(18-16-33)35-21-26-40(27-22-35)47(39-11-5-2-6-12-39)41-28-23-36(24-29-41)38-20-19-37-25-30-45-46(43(37)31-38)42-13-7-8-14-44(42)48-45/h1-31H. The van der Waals surface area contributed by atoms with Crippen LogP contribution in [0.1, 0.15) is 0 Å². The molecule has 0 unspecified atom stereocenters. The molecule has 0 fully saturated rings. The van der Waals surface area contributed by atoms with Crippen molar-refractivity contribution in [3.63, 3.8) is 0 Å². The fourth-order valence-corrected chi connectivity index (χ4v) is 6.84. The van der Waals surface area contributed by atoms with Crippen LogP contribution in [0.5, 0.6) is 0 Å². The average Bonchev–Trinajstić information content (AvgIpc) is 3.56. The molecular formula is C46H31NO. The van der Waals surface area contributed by atoms with Crippen LogP contribution in [0.2, 0.25) is 0 Å². The Morgan fingerprint density at radius 3 is 1.42 bits per heavy atom. The molecule has 0 aliphatic rings. The van der Waals surface area contributed by atoms with Crippen LogP contribution in [0.15, 0.2) is 192 Å². The van der Waals surface area contributed by atoms with E-state index in [0.717, 1.165) is 33.6 Å². The first-order valence-electron chi connectivity index (χ1n) is 16.3. The fraction of sp³-hybridized carbons (Fsp3) is 0. The number of anilines is 3. The van der Waals surface area contributed by atoms with Crippen LogP contribution in [-0.4, -0.2) is 0 Å². The molecule has 2 nitrogen and oxygen atoms in total. The van der Waals surface area contributed by atoms with Crippen LogP contribution >= 0.6 is 0 Å². The van der Waals surface area contributed by atoms with Crippen molar-refractivity contribution < 1.29 is 4.42 Å². The van der Waals surface area contributed by atoms with Crippen LogP contribution in [-0.2, 0) is 0 Å². The molecule has 9 aromatic rings. The van der Waals surface area contributed by atoms with Gasteiger partial charge in [0.1, 0.15) is 11.2 Å². The Kier molecular flexibility index (Phi) is 6.84.